The van der Waals surface area contributed by atoms with Crippen LogP contribution in [0.4, 0.5) is 0 Å². The molecule has 22 heavy (non-hydrogen) atoms. The zero-order valence-electron chi connectivity index (χ0n) is 12.7. The lowest BCUT2D eigenvalue weighted by Gasteiger charge is -2.15. The molecule has 7 nitrogen and oxygen atoms in total. The van der Waals surface area contributed by atoms with E-state index in [1.165, 1.54) is 13.1 Å². The molecule has 0 spiro atoms. The quantitative estimate of drug-likeness (QED) is 0.842. The second-order valence-electron chi connectivity index (χ2n) is 5.07. The number of pyridine rings is 1. The number of nitrogens with zero attached hydrogens (tertiary/aromatic N) is 3. The molecular weight excluding hydrogens is 284 g/mol. The van der Waals surface area contributed by atoms with Gasteiger partial charge in [-0.1, -0.05) is 0 Å². The Morgan fingerprint density at radius 1 is 1.27 bits per heavy atom. The maximum atomic E-state index is 12.0. The molecule has 7 heteroatoms. The van der Waals surface area contributed by atoms with E-state index in [0.717, 1.165) is 0 Å². The number of hydrogen-bond acceptors (Lipinski definition) is 5. The average Bonchev–Trinajstić information content (AvgIpc) is 3.00. The van der Waals surface area contributed by atoms with E-state index in [9.17, 15) is 9.59 Å². The van der Waals surface area contributed by atoms with E-state index in [-0.39, 0.29) is 17.5 Å². The van der Waals surface area contributed by atoms with Crippen LogP contribution in [0.15, 0.2) is 36.8 Å². The molecule has 0 saturated carbocycles. The van der Waals surface area contributed by atoms with E-state index in [1.807, 2.05) is 13.8 Å². The Balaban J connectivity index is 1.99. The highest BCUT2D eigenvalue weighted by Gasteiger charge is 2.19. The molecular formula is C15H18N4O3. The van der Waals surface area contributed by atoms with Gasteiger partial charge in [-0.15, -0.1) is 0 Å². The highest BCUT2D eigenvalue weighted by Crippen LogP contribution is 2.07. The van der Waals surface area contributed by atoms with Gasteiger partial charge in [0.2, 0.25) is 0 Å². The molecule has 116 valence electrons. The fourth-order valence-electron chi connectivity index (χ4n) is 1.73. The molecule has 0 aliphatic rings. The molecule has 0 aliphatic heterocycles. The van der Waals surface area contributed by atoms with Gasteiger partial charge in [-0.3, -0.25) is 4.79 Å². The van der Waals surface area contributed by atoms with Crippen LogP contribution in [-0.2, 0) is 9.53 Å². The Labute approximate surface area is 128 Å². The predicted molar refractivity (Wildman–Crippen MR) is 79.5 cm³/mol. The highest BCUT2D eigenvalue weighted by atomic mass is 16.5. The van der Waals surface area contributed by atoms with Crippen molar-refractivity contribution < 1.29 is 14.3 Å². The van der Waals surface area contributed by atoms with E-state index < -0.39 is 12.1 Å². The summed E-state index contributed by atoms with van der Waals surface area (Å²) in [6, 6.07) is 5.00. The van der Waals surface area contributed by atoms with Crippen molar-refractivity contribution in [1.82, 2.24) is 20.1 Å². The Hall–Kier alpha value is -2.70. The molecule has 2 aromatic heterocycles. The standard InChI is InChI=1S/C15H18N4O3/c1-10(2)18-14(20)11(3)22-15(21)12-5-6-13(16-9-12)19-8-4-7-17-19/h4-11H,1-3H3,(H,18,20). The summed E-state index contributed by atoms with van der Waals surface area (Å²) in [5.41, 5.74) is 0.278. The molecule has 0 radical (unpaired) electrons. The summed E-state index contributed by atoms with van der Waals surface area (Å²) in [7, 11) is 0. The Bertz CT molecular complexity index is 635. The molecule has 2 aromatic rings. The Kier molecular flexibility index (Phi) is 4.88. The van der Waals surface area contributed by atoms with Crippen molar-refractivity contribution in [3.8, 4) is 5.82 Å². The van der Waals surface area contributed by atoms with Crippen molar-refractivity contribution in [2.24, 2.45) is 0 Å². The van der Waals surface area contributed by atoms with Gasteiger partial charge in [-0.25, -0.2) is 14.5 Å². The molecule has 1 amide bonds. The smallest absolute Gasteiger partial charge is 0.340 e. The van der Waals surface area contributed by atoms with Crippen molar-refractivity contribution in [3.63, 3.8) is 0 Å². The first-order valence-corrected chi connectivity index (χ1v) is 6.95. The number of carbonyl (C=O) groups is 2. The minimum Gasteiger partial charge on any atom is -0.449 e. The maximum absolute atomic E-state index is 12.0. The van der Waals surface area contributed by atoms with E-state index in [1.54, 1.807) is 35.3 Å². The summed E-state index contributed by atoms with van der Waals surface area (Å²) in [5.74, 6) is -0.331. The van der Waals surface area contributed by atoms with Crippen molar-refractivity contribution in [2.45, 2.75) is 32.9 Å². The van der Waals surface area contributed by atoms with Crippen LogP contribution < -0.4 is 5.32 Å². The molecule has 2 rings (SSSR count). The molecule has 1 unspecified atom stereocenters. The van der Waals surface area contributed by atoms with Crippen LogP contribution >= 0.6 is 0 Å². The van der Waals surface area contributed by atoms with Crippen LogP contribution in [0.2, 0.25) is 0 Å². The monoisotopic (exact) mass is 302 g/mol. The molecule has 1 atom stereocenters. The lowest BCUT2D eigenvalue weighted by Crippen LogP contribution is -2.39. The van der Waals surface area contributed by atoms with Gasteiger partial charge in [-0.2, -0.15) is 5.10 Å². The van der Waals surface area contributed by atoms with Crippen molar-refractivity contribution in [2.75, 3.05) is 0 Å². The van der Waals surface area contributed by atoms with Gasteiger partial charge in [0.15, 0.2) is 11.9 Å². The molecule has 0 saturated heterocycles. The summed E-state index contributed by atoms with van der Waals surface area (Å²) >= 11 is 0. The van der Waals surface area contributed by atoms with Gasteiger partial charge in [-0.05, 0) is 39.0 Å². The number of carbonyl (C=O) groups excluding carboxylic acids is 2. The first-order chi connectivity index (χ1) is 10.5. The molecule has 0 bridgehead atoms. The topological polar surface area (TPSA) is 86.1 Å². The van der Waals surface area contributed by atoms with Crippen molar-refractivity contribution in [3.05, 3.63) is 42.4 Å². The van der Waals surface area contributed by atoms with Gasteiger partial charge >= 0.3 is 5.97 Å². The van der Waals surface area contributed by atoms with Gasteiger partial charge in [0.25, 0.3) is 5.91 Å². The Morgan fingerprint density at radius 2 is 2.05 bits per heavy atom. The second-order valence-corrected chi connectivity index (χ2v) is 5.07. The number of esters is 1. The van der Waals surface area contributed by atoms with Crippen LogP contribution in [0.25, 0.3) is 5.82 Å². The van der Waals surface area contributed by atoms with Crippen molar-refractivity contribution in [1.29, 1.82) is 0 Å². The largest absolute Gasteiger partial charge is 0.449 e. The minimum atomic E-state index is -0.860. The number of hydrogen-bond donors (Lipinski definition) is 1. The Morgan fingerprint density at radius 3 is 2.59 bits per heavy atom. The summed E-state index contributed by atoms with van der Waals surface area (Å²) in [6.07, 6.45) is 3.92. The molecule has 2 heterocycles. The molecule has 0 fully saturated rings. The number of ether oxygens (including phenoxy) is 1. The zero-order chi connectivity index (χ0) is 16.1. The van der Waals surface area contributed by atoms with Crippen LogP contribution in [0.5, 0.6) is 0 Å². The summed E-state index contributed by atoms with van der Waals surface area (Å²) in [4.78, 5) is 27.8. The van der Waals surface area contributed by atoms with Gasteiger partial charge in [0, 0.05) is 24.6 Å². The predicted octanol–water partition coefficient (Wildman–Crippen LogP) is 1.34. The van der Waals surface area contributed by atoms with Gasteiger partial charge in [0.05, 0.1) is 5.56 Å². The molecule has 0 aliphatic carbocycles. The van der Waals surface area contributed by atoms with Gasteiger partial charge in [0.1, 0.15) is 0 Å². The normalized spacial score (nSPS) is 12.0. The van der Waals surface area contributed by atoms with Crippen LogP contribution in [-0.4, -0.2) is 38.8 Å². The zero-order valence-corrected chi connectivity index (χ0v) is 12.7. The molecule has 0 aromatic carbocycles. The second kappa shape index (κ2) is 6.84. The number of amides is 1. The molecule has 1 N–H and O–H groups in total. The van der Waals surface area contributed by atoms with E-state index >= 15 is 0 Å². The van der Waals surface area contributed by atoms with Crippen LogP contribution in [0.3, 0.4) is 0 Å². The van der Waals surface area contributed by atoms with E-state index in [2.05, 4.69) is 15.4 Å². The van der Waals surface area contributed by atoms with E-state index in [0.29, 0.717) is 5.82 Å². The number of aromatic nitrogens is 3. The fraction of sp³-hybridized carbons (Fsp3) is 0.333. The summed E-state index contributed by atoms with van der Waals surface area (Å²) in [5, 5.41) is 6.73. The minimum absolute atomic E-state index is 0.0105. The summed E-state index contributed by atoms with van der Waals surface area (Å²) in [6.45, 7) is 5.20. The number of nitrogens with one attached hydrogen (secondary N) is 1. The third-order valence-electron chi connectivity index (χ3n) is 2.81. The van der Waals surface area contributed by atoms with Crippen LogP contribution in [0.1, 0.15) is 31.1 Å². The van der Waals surface area contributed by atoms with Gasteiger partial charge < -0.3 is 10.1 Å². The third kappa shape index (κ3) is 3.91. The first-order valence-electron chi connectivity index (χ1n) is 6.95. The maximum Gasteiger partial charge on any atom is 0.340 e. The highest BCUT2D eigenvalue weighted by molar-refractivity contribution is 5.92. The van der Waals surface area contributed by atoms with E-state index in [4.69, 9.17) is 4.74 Å². The van der Waals surface area contributed by atoms with Crippen molar-refractivity contribution >= 4 is 11.9 Å². The average molecular weight is 302 g/mol. The SMILES string of the molecule is CC(C)NC(=O)C(C)OC(=O)c1ccc(-n2cccn2)nc1. The third-order valence-corrected chi connectivity index (χ3v) is 2.81. The fourth-order valence-corrected chi connectivity index (χ4v) is 1.73. The summed E-state index contributed by atoms with van der Waals surface area (Å²) < 4.78 is 6.69. The first kappa shape index (κ1) is 15.7. The lowest BCUT2D eigenvalue weighted by molar-refractivity contribution is -0.129. The number of rotatable bonds is 5. The van der Waals surface area contributed by atoms with Crippen LogP contribution in [0, 0.1) is 0 Å². The lowest BCUT2D eigenvalue weighted by atomic mass is 10.2.